The van der Waals surface area contributed by atoms with Crippen LogP contribution in [0.25, 0.3) is 0 Å². The number of aromatic nitrogens is 2. The predicted molar refractivity (Wildman–Crippen MR) is 123 cm³/mol. The van der Waals surface area contributed by atoms with Crippen LogP contribution in [0.2, 0.25) is 0 Å². The van der Waals surface area contributed by atoms with Crippen LogP contribution in [-0.4, -0.2) is 56.1 Å². The minimum atomic E-state index is -0.914. The van der Waals surface area contributed by atoms with Crippen molar-refractivity contribution < 1.29 is 23.9 Å². The minimum absolute atomic E-state index is 0.0319. The molecule has 9 heteroatoms. The van der Waals surface area contributed by atoms with Gasteiger partial charge in [0.15, 0.2) is 0 Å². The second kappa shape index (κ2) is 9.56. The lowest BCUT2D eigenvalue weighted by molar-refractivity contribution is -0.143. The SMILES string of the molecule is C[C@H]1C[C@@H](C(=O)O)CC[C@@H]1NC(=O)[C@@]1(c2ccc(F)cc2)CCN(C(=O)n2ccnc2)[C@@H](C)C1. The number of carbonyl (C=O) groups excluding carboxylic acids is 2. The number of piperidine rings is 1. The van der Waals surface area contributed by atoms with Gasteiger partial charge in [0.05, 0.1) is 11.3 Å². The van der Waals surface area contributed by atoms with Crippen molar-refractivity contribution in [2.45, 2.75) is 63.5 Å². The molecule has 2 heterocycles. The number of benzene rings is 1. The number of nitrogens with one attached hydrogen (secondary N) is 1. The van der Waals surface area contributed by atoms with Gasteiger partial charge >= 0.3 is 12.0 Å². The van der Waals surface area contributed by atoms with E-state index < -0.39 is 11.4 Å². The third kappa shape index (κ3) is 4.56. The number of halogens is 1. The summed E-state index contributed by atoms with van der Waals surface area (Å²) in [5.41, 5.74) is -0.192. The molecule has 4 rings (SSSR count). The first-order chi connectivity index (χ1) is 16.2. The van der Waals surface area contributed by atoms with Gasteiger partial charge in [-0.2, -0.15) is 0 Å². The van der Waals surface area contributed by atoms with Crippen molar-refractivity contribution in [3.8, 4) is 0 Å². The van der Waals surface area contributed by atoms with E-state index in [2.05, 4.69) is 10.3 Å². The molecule has 1 saturated carbocycles. The largest absolute Gasteiger partial charge is 0.481 e. The van der Waals surface area contributed by atoms with Crippen LogP contribution < -0.4 is 5.32 Å². The van der Waals surface area contributed by atoms with Gasteiger partial charge in [-0.15, -0.1) is 0 Å². The van der Waals surface area contributed by atoms with Gasteiger partial charge in [0.25, 0.3) is 0 Å². The molecule has 0 spiro atoms. The quantitative estimate of drug-likeness (QED) is 0.713. The summed E-state index contributed by atoms with van der Waals surface area (Å²) in [6.07, 6.45) is 7.03. The fourth-order valence-electron chi connectivity index (χ4n) is 5.56. The summed E-state index contributed by atoms with van der Waals surface area (Å²) < 4.78 is 15.1. The monoisotopic (exact) mass is 470 g/mol. The number of imidazole rings is 1. The van der Waals surface area contributed by atoms with Gasteiger partial charge in [0, 0.05) is 31.0 Å². The van der Waals surface area contributed by atoms with E-state index in [4.69, 9.17) is 0 Å². The molecule has 5 atom stereocenters. The first-order valence-corrected chi connectivity index (χ1v) is 11.8. The molecule has 0 bridgehead atoms. The lowest BCUT2D eigenvalue weighted by atomic mass is 9.69. The minimum Gasteiger partial charge on any atom is -0.481 e. The number of carboxylic acids is 1. The van der Waals surface area contributed by atoms with Crippen LogP contribution in [0.4, 0.5) is 9.18 Å². The van der Waals surface area contributed by atoms with E-state index in [1.165, 1.54) is 23.0 Å². The Hall–Kier alpha value is -3.23. The van der Waals surface area contributed by atoms with Crippen molar-refractivity contribution in [3.05, 3.63) is 54.4 Å². The third-order valence-corrected chi connectivity index (χ3v) is 7.59. The van der Waals surface area contributed by atoms with E-state index in [-0.39, 0.29) is 41.7 Å². The molecular weight excluding hydrogens is 439 g/mol. The molecule has 2 aliphatic rings. The van der Waals surface area contributed by atoms with Gasteiger partial charge in [-0.1, -0.05) is 19.1 Å². The van der Waals surface area contributed by atoms with E-state index in [9.17, 15) is 23.9 Å². The molecule has 1 aromatic heterocycles. The number of rotatable bonds is 4. The van der Waals surface area contributed by atoms with Crippen molar-refractivity contribution in [3.63, 3.8) is 0 Å². The summed E-state index contributed by atoms with van der Waals surface area (Å²) in [6.45, 7) is 4.25. The van der Waals surface area contributed by atoms with E-state index in [1.54, 1.807) is 29.4 Å². The number of likely N-dealkylation sites (tertiary alicyclic amines) is 1. The van der Waals surface area contributed by atoms with Gasteiger partial charge in [-0.05, 0) is 62.6 Å². The van der Waals surface area contributed by atoms with E-state index in [1.807, 2.05) is 13.8 Å². The molecule has 0 unspecified atom stereocenters. The van der Waals surface area contributed by atoms with E-state index in [0.717, 1.165) is 5.56 Å². The lowest BCUT2D eigenvalue weighted by Gasteiger charge is -2.46. The molecule has 0 radical (unpaired) electrons. The van der Waals surface area contributed by atoms with E-state index >= 15 is 0 Å². The highest BCUT2D eigenvalue weighted by Crippen LogP contribution is 2.40. The second-order valence-corrected chi connectivity index (χ2v) is 9.74. The maximum atomic E-state index is 13.8. The smallest absolute Gasteiger partial charge is 0.329 e. The molecule has 34 heavy (non-hydrogen) atoms. The van der Waals surface area contributed by atoms with Crippen molar-refractivity contribution in [2.75, 3.05) is 6.54 Å². The summed E-state index contributed by atoms with van der Waals surface area (Å²) >= 11 is 0. The van der Waals surface area contributed by atoms with Crippen LogP contribution in [0, 0.1) is 17.7 Å². The van der Waals surface area contributed by atoms with Crippen LogP contribution in [0.5, 0.6) is 0 Å². The fourth-order valence-corrected chi connectivity index (χ4v) is 5.56. The summed E-state index contributed by atoms with van der Waals surface area (Å²) in [4.78, 5) is 43.8. The van der Waals surface area contributed by atoms with Crippen LogP contribution in [0.15, 0.2) is 43.0 Å². The average molecular weight is 471 g/mol. The third-order valence-electron chi connectivity index (χ3n) is 7.59. The number of hydrogen-bond acceptors (Lipinski definition) is 4. The van der Waals surface area contributed by atoms with Gasteiger partial charge in [-0.3, -0.25) is 14.2 Å². The molecule has 2 aromatic rings. The number of amides is 2. The Labute approximate surface area is 198 Å². The van der Waals surface area contributed by atoms with Gasteiger partial charge < -0.3 is 15.3 Å². The molecule has 1 aromatic carbocycles. The molecule has 1 saturated heterocycles. The number of carbonyl (C=O) groups is 3. The highest BCUT2D eigenvalue weighted by Gasteiger charge is 2.47. The number of carboxylic acid groups (broad SMARTS) is 1. The molecule has 1 aliphatic heterocycles. The predicted octanol–water partition coefficient (Wildman–Crippen LogP) is 3.42. The molecule has 1 aliphatic carbocycles. The molecule has 8 nitrogen and oxygen atoms in total. The van der Waals surface area contributed by atoms with Crippen LogP contribution in [0.3, 0.4) is 0 Å². The molecule has 182 valence electrons. The van der Waals surface area contributed by atoms with Crippen LogP contribution in [-0.2, 0) is 15.0 Å². The van der Waals surface area contributed by atoms with Crippen molar-refractivity contribution >= 4 is 17.9 Å². The van der Waals surface area contributed by atoms with Gasteiger partial charge in [0.1, 0.15) is 12.1 Å². The first-order valence-electron chi connectivity index (χ1n) is 11.8. The molecule has 2 amide bonds. The maximum absolute atomic E-state index is 13.8. The second-order valence-electron chi connectivity index (χ2n) is 9.74. The number of aliphatic carboxylic acids is 1. The average Bonchev–Trinajstić information content (AvgIpc) is 3.35. The fraction of sp³-hybridized carbons (Fsp3) is 0.520. The summed E-state index contributed by atoms with van der Waals surface area (Å²) in [6, 6.07) is 5.47. The Morgan fingerprint density at radius 2 is 1.91 bits per heavy atom. The molecule has 2 fully saturated rings. The van der Waals surface area contributed by atoms with Crippen LogP contribution in [0.1, 0.15) is 51.5 Å². The molecular formula is C25H31FN4O4. The topological polar surface area (TPSA) is 105 Å². The summed E-state index contributed by atoms with van der Waals surface area (Å²) in [5, 5.41) is 12.6. The first kappa shape index (κ1) is 23.9. The zero-order chi connectivity index (χ0) is 24.5. The Morgan fingerprint density at radius 1 is 1.18 bits per heavy atom. The van der Waals surface area contributed by atoms with Crippen molar-refractivity contribution in [1.29, 1.82) is 0 Å². The van der Waals surface area contributed by atoms with Gasteiger partial charge in [0.2, 0.25) is 5.91 Å². The van der Waals surface area contributed by atoms with E-state index in [0.29, 0.717) is 38.6 Å². The van der Waals surface area contributed by atoms with Crippen molar-refractivity contribution in [1.82, 2.24) is 19.8 Å². The standard InChI is InChI=1S/C25H31FN4O4/c1-16-13-18(22(31)32)3-8-21(16)28-23(33)25(19-4-6-20(26)7-5-19)9-11-30(17(2)14-25)24(34)29-12-10-27-15-29/h4-7,10,12,15-18,21H,3,8-9,11,13-14H2,1-2H3,(H,28,33)(H,31,32)/t16-,17-,18-,21-,25-/m0/s1. The Kier molecular flexibility index (Phi) is 6.72. The summed E-state index contributed by atoms with van der Waals surface area (Å²) in [5.74, 6) is -1.66. The summed E-state index contributed by atoms with van der Waals surface area (Å²) in [7, 11) is 0. The number of nitrogens with zero attached hydrogens (tertiary/aromatic N) is 3. The Morgan fingerprint density at radius 3 is 2.50 bits per heavy atom. The zero-order valence-electron chi connectivity index (χ0n) is 19.5. The number of hydrogen-bond donors (Lipinski definition) is 2. The highest BCUT2D eigenvalue weighted by atomic mass is 19.1. The normalized spacial score (nSPS) is 29.4. The highest BCUT2D eigenvalue weighted by molar-refractivity contribution is 5.89. The molecule has 2 N–H and O–H groups in total. The zero-order valence-corrected chi connectivity index (χ0v) is 19.5. The Bertz CT molecular complexity index is 1040. The van der Waals surface area contributed by atoms with Gasteiger partial charge in [-0.25, -0.2) is 14.2 Å². The maximum Gasteiger partial charge on any atom is 0.329 e. The van der Waals surface area contributed by atoms with Crippen LogP contribution >= 0.6 is 0 Å². The van der Waals surface area contributed by atoms with Crippen molar-refractivity contribution in [2.24, 2.45) is 11.8 Å². The lowest BCUT2D eigenvalue weighted by Crippen LogP contribution is -2.58. The Balaban J connectivity index is 1.56.